The van der Waals surface area contributed by atoms with Crippen LogP contribution in [0.3, 0.4) is 0 Å². The molecule has 0 radical (unpaired) electrons. The van der Waals surface area contributed by atoms with Gasteiger partial charge in [-0.3, -0.25) is 10.2 Å². The summed E-state index contributed by atoms with van der Waals surface area (Å²) in [6, 6.07) is 7.35. The molecule has 1 aromatic heterocycles. The summed E-state index contributed by atoms with van der Waals surface area (Å²) in [7, 11) is 0. The molecular weight excluding hydrogens is 310 g/mol. The molecule has 0 unspecified atom stereocenters. The van der Waals surface area contributed by atoms with Crippen molar-refractivity contribution in [3.8, 4) is 0 Å². The topological polar surface area (TPSA) is 63.6 Å². The van der Waals surface area contributed by atoms with E-state index in [1.807, 2.05) is 12.1 Å². The maximum atomic E-state index is 11.3. The van der Waals surface area contributed by atoms with Crippen molar-refractivity contribution in [3.63, 3.8) is 0 Å². The Kier molecular flexibility index (Phi) is 5.71. The molecular formula is C14H14ClN3O2S. The zero-order valence-corrected chi connectivity index (χ0v) is 12.9. The van der Waals surface area contributed by atoms with Crippen molar-refractivity contribution >= 4 is 40.3 Å². The summed E-state index contributed by atoms with van der Waals surface area (Å²) >= 11 is 7.26. The number of thiazole rings is 1. The molecule has 2 rings (SSSR count). The second-order valence-corrected chi connectivity index (χ2v) is 5.35. The highest BCUT2D eigenvalue weighted by Gasteiger charge is 2.07. The molecule has 0 fully saturated rings. The van der Waals surface area contributed by atoms with Gasteiger partial charge in [-0.05, 0) is 24.6 Å². The Labute approximate surface area is 131 Å². The number of hydrazone groups is 1. The number of carbonyl (C=O) groups is 1. The lowest BCUT2D eigenvalue weighted by atomic mass is 10.2. The van der Waals surface area contributed by atoms with Crippen molar-refractivity contribution in [2.45, 2.75) is 13.3 Å². The fourth-order valence-electron chi connectivity index (χ4n) is 1.55. The number of aromatic nitrogens is 1. The van der Waals surface area contributed by atoms with Crippen molar-refractivity contribution < 1.29 is 9.53 Å². The van der Waals surface area contributed by atoms with Gasteiger partial charge in [0.15, 0.2) is 0 Å². The molecule has 0 atom stereocenters. The number of halogens is 1. The molecule has 1 N–H and O–H groups in total. The molecule has 0 amide bonds. The van der Waals surface area contributed by atoms with Gasteiger partial charge in [-0.1, -0.05) is 23.7 Å². The van der Waals surface area contributed by atoms with Crippen LogP contribution in [0.4, 0.5) is 5.13 Å². The fourth-order valence-corrected chi connectivity index (χ4v) is 2.41. The normalized spacial score (nSPS) is 10.8. The number of hydrogen-bond donors (Lipinski definition) is 1. The van der Waals surface area contributed by atoms with Crippen LogP contribution in [-0.2, 0) is 16.0 Å². The van der Waals surface area contributed by atoms with Crippen LogP contribution in [0, 0.1) is 0 Å². The van der Waals surface area contributed by atoms with Crippen LogP contribution in [0.1, 0.15) is 18.2 Å². The highest BCUT2D eigenvalue weighted by Crippen LogP contribution is 2.16. The quantitative estimate of drug-likeness (QED) is 0.503. The summed E-state index contributed by atoms with van der Waals surface area (Å²) in [6.07, 6.45) is 1.82. The van der Waals surface area contributed by atoms with Gasteiger partial charge >= 0.3 is 5.97 Å². The third-order valence-corrected chi connectivity index (χ3v) is 3.44. The maximum Gasteiger partial charge on any atom is 0.311 e. The van der Waals surface area contributed by atoms with Crippen molar-refractivity contribution in [2.24, 2.45) is 5.10 Å². The molecule has 0 bridgehead atoms. The number of nitrogens with zero attached hydrogens (tertiary/aromatic N) is 2. The van der Waals surface area contributed by atoms with Crippen LogP contribution in [0.2, 0.25) is 5.02 Å². The molecule has 0 aliphatic carbocycles. The van der Waals surface area contributed by atoms with Crippen molar-refractivity contribution in [2.75, 3.05) is 12.0 Å². The lowest BCUT2D eigenvalue weighted by Crippen LogP contribution is -2.07. The Bertz CT molecular complexity index is 643. The molecule has 2 aromatic rings. The molecule has 7 heteroatoms. The molecule has 21 heavy (non-hydrogen) atoms. The summed E-state index contributed by atoms with van der Waals surface area (Å²) < 4.78 is 4.87. The van der Waals surface area contributed by atoms with Gasteiger partial charge in [0.25, 0.3) is 0 Å². The van der Waals surface area contributed by atoms with Gasteiger partial charge in [0, 0.05) is 10.4 Å². The number of nitrogens with one attached hydrogen (secondary N) is 1. The monoisotopic (exact) mass is 323 g/mol. The highest BCUT2D eigenvalue weighted by atomic mass is 35.5. The second kappa shape index (κ2) is 7.75. The first-order valence-corrected chi connectivity index (χ1v) is 7.58. The van der Waals surface area contributed by atoms with E-state index in [1.54, 1.807) is 30.7 Å². The Morgan fingerprint density at radius 1 is 1.57 bits per heavy atom. The van der Waals surface area contributed by atoms with E-state index in [1.165, 1.54) is 11.3 Å². The van der Waals surface area contributed by atoms with Crippen LogP contribution in [0.25, 0.3) is 0 Å². The van der Waals surface area contributed by atoms with Crippen LogP contribution in [0.15, 0.2) is 34.7 Å². The molecule has 0 spiro atoms. The summed E-state index contributed by atoms with van der Waals surface area (Å²) in [6.45, 7) is 2.15. The van der Waals surface area contributed by atoms with Gasteiger partial charge in [0.05, 0.1) is 24.9 Å². The van der Waals surface area contributed by atoms with E-state index < -0.39 is 0 Å². The third-order valence-electron chi connectivity index (χ3n) is 2.41. The van der Waals surface area contributed by atoms with E-state index in [0.29, 0.717) is 22.5 Å². The average molecular weight is 324 g/mol. The van der Waals surface area contributed by atoms with E-state index in [4.69, 9.17) is 16.3 Å². The minimum atomic E-state index is -0.281. The molecule has 0 saturated heterocycles. The average Bonchev–Trinajstić information content (AvgIpc) is 2.86. The molecule has 1 aromatic carbocycles. The van der Waals surface area contributed by atoms with Crippen molar-refractivity contribution in [3.05, 3.63) is 45.9 Å². The standard InChI is InChI=1S/C14H14ClN3O2S/c1-2-20-13(19)7-12-9-21-14(17-12)18-16-8-10-4-3-5-11(15)6-10/h3-6,8-9H,2,7H2,1H3,(H,17,18)/b16-8-. The molecule has 0 aliphatic rings. The zero-order chi connectivity index (χ0) is 15.1. The van der Waals surface area contributed by atoms with E-state index in [0.717, 1.165) is 5.56 Å². The summed E-state index contributed by atoms with van der Waals surface area (Å²) in [5.41, 5.74) is 4.37. The Morgan fingerprint density at radius 3 is 3.19 bits per heavy atom. The van der Waals surface area contributed by atoms with Crippen LogP contribution in [0.5, 0.6) is 0 Å². The maximum absolute atomic E-state index is 11.3. The van der Waals surface area contributed by atoms with Crippen LogP contribution < -0.4 is 5.43 Å². The number of hydrogen-bond acceptors (Lipinski definition) is 6. The summed E-state index contributed by atoms with van der Waals surface area (Å²) in [5.74, 6) is -0.281. The molecule has 1 heterocycles. The Hall–Kier alpha value is -1.92. The first-order chi connectivity index (χ1) is 10.2. The summed E-state index contributed by atoms with van der Waals surface area (Å²) in [5, 5.41) is 7.16. The molecule has 0 aliphatic heterocycles. The lowest BCUT2D eigenvalue weighted by Gasteiger charge is -1.98. The molecule has 0 saturated carbocycles. The van der Waals surface area contributed by atoms with Gasteiger partial charge in [-0.25, -0.2) is 4.98 Å². The van der Waals surface area contributed by atoms with E-state index in [-0.39, 0.29) is 12.4 Å². The van der Waals surface area contributed by atoms with Gasteiger partial charge in [0.1, 0.15) is 0 Å². The van der Waals surface area contributed by atoms with E-state index >= 15 is 0 Å². The predicted octanol–water partition coefficient (Wildman–Crippen LogP) is 3.35. The number of benzene rings is 1. The largest absolute Gasteiger partial charge is 0.466 e. The number of rotatable bonds is 6. The minimum absolute atomic E-state index is 0.171. The predicted molar refractivity (Wildman–Crippen MR) is 85.1 cm³/mol. The Balaban J connectivity index is 1.89. The smallest absolute Gasteiger partial charge is 0.311 e. The SMILES string of the molecule is CCOC(=O)Cc1csc(N/N=C\c2cccc(Cl)c2)n1. The number of anilines is 1. The third kappa shape index (κ3) is 5.17. The summed E-state index contributed by atoms with van der Waals surface area (Å²) in [4.78, 5) is 15.6. The number of esters is 1. The van der Waals surface area contributed by atoms with Crippen molar-refractivity contribution in [1.82, 2.24) is 4.98 Å². The highest BCUT2D eigenvalue weighted by molar-refractivity contribution is 7.13. The second-order valence-electron chi connectivity index (χ2n) is 4.05. The van der Waals surface area contributed by atoms with Gasteiger partial charge in [-0.15, -0.1) is 11.3 Å². The first-order valence-electron chi connectivity index (χ1n) is 6.32. The van der Waals surface area contributed by atoms with Crippen molar-refractivity contribution in [1.29, 1.82) is 0 Å². The minimum Gasteiger partial charge on any atom is -0.466 e. The fraction of sp³-hybridized carbons (Fsp3) is 0.214. The molecule has 5 nitrogen and oxygen atoms in total. The number of ether oxygens (including phenoxy) is 1. The van der Waals surface area contributed by atoms with E-state index in [9.17, 15) is 4.79 Å². The Morgan fingerprint density at radius 2 is 2.43 bits per heavy atom. The van der Waals surface area contributed by atoms with Gasteiger partial charge in [0.2, 0.25) is 5.13 Å². The zero-order valence-electron chi connectivity index (χ0n) is 11.4. The first kappa shape index (κ1) is 15.5. The van der Waals surface area contributed by atoms with Crippen LogP contribution in [-0.4, -0.2) is 23.8 Å². The van der Waals surface area contributed by atoms with Gasteiger partial charge < -0.3 is 4.74 Å². The molecule has 110 valence electrons. The van der Waals surface area contributed by atoms with E-state index in [2.05, 4.69) is 15.5 Å². The lowest BCUT2D eigenvalue weighted by molar-refractivity contribution is -0.142. The van der Waals surface area contributed by atoms with Crippen LogP contribution >= 0.6 is 22.9 Å². The number of carbonyl (C=O) groups excluding carboxylic acids is 1. The van der Waals surface area contributed by atoms with Gasteiger partial charge in [-0.2, -0.15) is 5.10 Å².